The summed E-state index contributed by atoms with van der Waals surface area (Å²) < 4.78 is 50.7. The first kappa shape index (κ1) is 21.1. The van der Waals surface area contributed by atoms with Crippen LogP contribution >= 0.6 is 15.6 Å². The zero-order valence-electron chi connectivity index (χ0n) is 13.5. The molecule has 1 aliphatic rings. The van der Waals surface area contributed by atoms with Crippen molar-refractivity contribution in [2.24, 2.45) is 0 Å². The summed E-state index contributed by atoms with van der Waals surface area (Å²) in [6, 6.07) is 0. The largest absolute Gasteiger partial charge is 0.470 e. The Morgan fingerprint density at radius 3 is 2.54 bits per heavy atom. The van der Waals surface area contributed by atoms with Gasteiger partial charge in [0.15, 0.2) is 23.2 Å². The molecule has 2 aromatic rings. The number of hydrogen-bond acceptors (Lipinski definition) is 10. The van der Waals surface area contributed by atoms with Gasteiger partial charge in [-0.3, -0.25) is 13.6 Å². The zero-order chi connectivity index (χ0) is 20.9. The van der Waals surface area contributed by atoms with Crippen molar-refractivity contribution in [3.63, 3.8) is 0 Å². The summed E-state index contributed by atoms with van der Waals surface area (Å²) in [5.74, 6) is -0.307. The summed E-state index contributed by atoms with van der Waals surface area (Å²) >= 11 is 0. The highest BCUT2D eigenvalue weighted by Gasteiger charge is 2.49. The number of nitrogens with zero attached hydrogens (tertiary/aromatic N) is 4. The van der Waals surface area contributed by atoms with Gasteiger partial charge in [-0.1, -0.05) is 0 Å². The monoisotopic (exact) mass is 445 g/mol. The summed E-state index contributed by atoms with van der Waals surface area (Å²) in [5, 5.41) is 10.4. The maximum absolute atomic E-state index is 13.5. The molecule has 1 fully saturated rings. The molecule has 0 amide bonds. The van der Waals surface area contributed by atoms with Crippen LogP contribution in [-0.2, 0) is 22.9 Å². The summed E-state index contributed by atoms with van der Waals surface area (Å²) in [4.78, 5) is 46.3. The van der Waals surface area contributed by atoms with Gasteiger partial charge in [0.25, 0.3) is 0 Å². The lowest BCUT2D eigenvalue weighted by atomic mass is 10.1. The van der Waals surface area contributed by atoms with E-state index in [9.17, 15) is 18.6 Å². The zero-order valence-corrected chi connectivity index (χ0v) is 15.3. The number of nitrogens with two attached hydrogens (primary N) is 1. The summed E-state index contributed by atoms with van der Waals surface area (Å²) in [6.45, 7) is -0.888. The minimum Gasteiger partial charge on any atom is -0.386 e. The van der Waals surface area contributed by atoms with Crippen LogP contribution in [0.5, 0.6) is 0 Å². The Morgan fingerprint density at radius 2 is 1.93 bits per heavy atom. The third kappa shape index (κ3) is 4.52. The Bertz CT molecular complexity index is 977. The second-order valence-corrected chi connectivity index (χ2v) is 8.04. The molecule has 28 heavy (non-hydrogen) atoms. The molecule has 0 aromatic carbocycles. The van der Waals surface area contributed by atoms with E-state index in [-0.39, 0.29) is 17.0 Å². The Kier molecular flexibility index (Phi) is 5.55. The van der Waals surface area contributed by atoms with Crippen LogP contribution in [0, 0.1) is 6.08 Å². The van der Waals surface area contributed by atoms with E-state index >= 15 is 0 Å². The number of ether oxygens (including phenoxy) is 1. The predicted octanol–water partition coefficient (Wildman–Crippen LogP) is -1.61. The normalized spacial score (nSPS) is 26.2. The second kappa shape index (κ2) is 7.35. The van der Waals surface area contributed by atoms with Crippen molar-refractivity contribution in [2.75, 3.05) is 12.3 Å². The predicted molar refractivity (Wildman–Crippen MR) is 84.5 cm³/mol. The molecule has 18 heteroatoms. The molecular weight excluding hydrogens is 431 g/mol. The van der Waals surface area contributed by atoms with E-state index < -0.39 is 52.9 Å². The maximum atomic E-state index is 13.5. The highest BCUT2D eigenvalue weighted by molar-refractivity contribution is 7.46. The standard InChI is InChI=1S/C10H14FN5O10P2/c11-10-14-7(12)4-8(15-10)16(2-13-4)9-5(17)6(26-28(21,22)23)3(25-9)1-24-27(18,19)20/h2-3,5-6,9,17H,1H2,(H2,12,14,15)(H2,18,19,20)(H2,21,22,23)/t3-,5-,6-,9-/m1/s1. The van der Waals surface area contributed by atoms with Crippen LogP contribution in [0.1, 0.15) is 6.23 Å². The van der Waals surface area contributed by atoms with Gasteiger partial charge >= 0.3 is 21.7 Å². The van der Waals surface area contributed by atoms with Crippen LogP contribution in [-0.4, -0.2) is 69.1 Å². The van der Waals surface area contributed by atoms with E-state index in [4.69, 9.17) is 30.0 Å². The SMILES string of the molecule is Nc1nc(F)nc2c1ncn2[C@@H]1O[C@H](COP(=O)(O)O)[C@@H](OP(=O)(O)O)[C@H]1O. The molecule has 0 saturated carbocycles. The Balaban J connectivity index is 1.96. The van der Waals surface area contributed by atoms with Crippen LogP contribution in [0.2, 0.25) is 0 Å². The molecule has 0 spiro atoms. The van der Waals surface area contributed by atoms with Crippen LogP contribution < -0.4 is 5.73 Å². The summed E-state index contributed by atoms with van der Waals surface area (Å²) in [7, 11) is -10.1. The molecule has 4 atom stereocenters. The number of aromatic nitrogens is 4. The first-order valence-corrected chi connectivity index (χ1v) is 10.3. The summed E-state index contributed by atoms with van der Waals surface area (Å²) in [6.07, 6.45) is -6.73. The van der Waals surface area contributed by atoms with Gasteiger partial charge in [0.05, 0.1) is 12.9 Å². The number of anilines is 1. The molecule has 0 aliphatic carbocycles. The third-order valence-corrected chi connectivity index (χ3v) is 4.67. The molecule has 156 valence electrons. The van der Waals surface area contributed by atoms with E-state index in [2.05, 4.69) is 24.0 Å². The first-order valence-electron chi connectivity index (χ1n) is 7.29. The average Bonchev–Trinajstić information content (AvgIpc) is 3.06. The lowest BCUT2D eigenvalue weighted by molar-refractivity contribution is -0.0502. The number of halogens is 1. The van der Waals surface area contributed by atoms with E-state index in [0.717, 1.165) is 10.9 Å². The Hall–Kier alpha value is -1.58. The van der Waals surface area contributed by atoms with Crippen LogP contribution in [0.4, 0.5) is 10.2 Å². The molecule has 3 rings (SSSR count). The fourth-order valence-electron chi connectivity index (χ4n) is 2.64. The summed E-state index contributed by atoms with van der Waals surface area (Å²) in [5.41, 5.74) is 5.28. The minimum absolute atomic E-state index is 0.0421. The van der Waals surface area contributed by atoms with Gasteiger partial charge in [-0.25, -0.2) is 14.1 Å². The van der Waals surface area contributed by atoms with E-state index in [1.807, 2.05) is 0 Å². The van der Waals surface area contributed by atoms with Crippen molar-refractivity contribution in [2.45, 2.75) is 24.5 Å². The average molecular weight is 445 g/mol. The van der Waals surface area contributed by atoms with Crippen LogP contribution in [0.25, 0.3) is 11.2 Å². The molecule has 1 aliphatic heterocycles. The molecule has 7 N–H and O–H groups in total. The fourth-order valence-corrected chi connectivity index (χ4v) is 3.56. The minimum atomic E-state index is -5.14. The number of aliphatic hydroxyl groups is 1. The van der Waals surface area contributed by atoms with Gasteiger partial charge < -0.3 is 35.2 Å². The molecule has 2 aromatic heterocycles. The van der Waals surface area contributed by atoms with Crippen LogP contribution in [0.3, 0.4) is 0 Å². The smallest absolute Gasteiger partial charge is 0.386 e. The number of phosphoric acid groups is 2. The van der Waals surface area contributed by atoms with Gasteiger partial charge in [-0.2, -0.15) is 14.4 Å². The molecule has 3 heterocycles. The number of hydrogen-bond donors (Lipinski definition) is 6. The molecule has 15 nitrogen and oxygen atoms in total. The molecule has 0 radical (unpaired) electrons. The third-order valence-electron chi connectivity index (χ3n) is 3.67. The number of imidazole rings is 1. The van der Waals surface area contributed by atoms with Crippen molar-refractivity contribution >= 4 is 32.6 Å². The topological polar surface area (TPSA) is 233 Å². The van der Waals surface area contributed by atoms with Crippen molar-refractivity contribution in [1.82, 2.24) is 19.5 Å². The van der Waals surface area contributed by atoms with Gasteiger partial charge in [-0.15, -0.1) is 0 Å². The number of rotatable bonds is 6. The lowest BCUT2D eigenvalue weighted by Crippen LogP contribution is -2.35. The van der Waals surface area contributed by atoms with Gasteiger partial charge in [-0.05, 0) is 0 Å². The highest BCUT2D eigenvalue weighted by atomic mass is 31.2. The van der Waals surface area contributed by atoms with Gasteiger partial charge in [0, 0.05) is 0 Å². The first-order chi connectivity index (χ1) is 12.9. The van der Waals surface area contributed by atoms with Gasteiger partial charge in [0.1, 0.15) is 18.3 Å². The molecule has 0 bridgehead atoms. The number of nitrogen functional groups attached to an aromatic ring is 1. The number of fused-ring (bicyclic) bond motifs is 1. The maximum Gasteiger partial charge on any atom is 0.470 e. The molecule has 0 unspecified atom stereocenters. The van der Waals surface area contributed by atoms with Crippen molar-refractivity contribution < 1.29 is 52.0 Å². The lowest BCUT2D eigenvalue weighted by Gasteiger charge is -2.20. The van der Waals surface area contributed by atoms with Crippen molar-refractivity contribution in [3.05, 3.63) is 12.4 Å². The van der Waals surface area contributed by atoms with E-state index in [0.29, 0.717) is 0 Å². The molecular formula is C10H14FN5O10P2. The van der Waals surface area contributed by atoms with E-state index in [1.54, 1.807) is 0 Å². The number of phosphoric ester groups is 2. The van der Waals surface area contributed by atoms with Crippen LogP contribution in [0.15, 0.2) is 6.33 Å². The van der Waals surface area contributed by atoms with E-state index in [1.165, 1.54) is 0 Å². The van der Waals surface area contributed by atoms with Crippen molar-refractivity contribution in [1.29, 1.82) is 0 Å². The Labute approximate surface area is 154 Å². The highest BCUT2D eigenvalue weighted by Crippen LogP contribution is 2.45. The Morgan fingerprint density at radius 1 is 1.25 bits per heavy atom. The number of aliphatic hydroxyl groups excluding tert-OH is 1. The second-order valence-electron chi connectivity index (χ2n) is 5.60. The quantitative estimate of drug-likeness (QED) is 0.217. The molecule has 1 saturated heterocycles. The van der Waals surface area contributed by atoms with Crippen molar-refractivity contribution in [3.8, 4) is 0 Å². The fraction of sp³-hybridized carbons (Fsp3) is 0.500. The van der Waals surface area contributed by atoms with Gasteiger partial charge in [0.2, 0.25) is 0 Å².